The third-order valence-electron chi connectivity index (χ3n) is 3.97. The highest BCUT2D eigenvalue weighted by atomic mass is 32.1. The number of Topliss-reactive ketones (excluding diaryl/α,β-unsaturated/α-hetero) is 1. The van der Waals surface area contributed by atoms with E-state index in [9.17, 15) is 14.4 Å². The smallest absolute Gasteiger partial charge is 0.331 e. The fourth-order valence-electron chi connectivity index (χ4n) is 2.42. The van der Waals surface area contributed by atoms with Gasteiger partial charge in [0.1, 0.15) is 0 Å². The van der Waals surface area contributed by atoms with Crippen LogP contribution >= 0.6 is 11.3 Å². The Labute approximate surface area is 186 Å². The normalized spacial score (nSPS) is 10.9. The van der Waals surface area contributed by atoms with Gasteiger partial charge in [0.15, 0.2) is 18.1 Å². The molecule has 0 saturated heterocycles. The molecular formula is C23H27NO6S. The van der Waals surface area contributed by atoms with Gasteiger partial charge in [-0.2, -0.15) is 0 Å². The summed E-state index contributed by atoms with van der Waals surface area (Å²) in [5, 5.41) is 2.67. The Bertz CT molecular complexity index is 947. The number of benzene rings is 1. The first-order valence-electron chi connectivity index (χ1n) is 9.80. The van der Waals surface area contributed by atoms with Crippen molar-refractivity contribution < 1.29 is 28.6 Å². The number of methoxy groups -OCH3 is 1. The summed E-state index contributed by atoms with van der Waals surface area (Å²) in [7, 11) is 1.55. The standard InChI is InChI=1S/C23H27NO6S/c1-15(2)13-29-20-8-5-17(11-21(20)28-4)6-10-23(27)30-14-19(26)22-9-7-18(31-22)12-24-16(3)25/h5-11,15H,12-14H2,1-4H3,(H,24,25)/b10-6+. The molecule has 1 aromatic carbocycles. The van der Waals surface area contributed by atoms with Crippen LogP contribution in [0.4, 0.5) is 0 Å². The van der Waals surface area contributed by atoms with Gasteiger partial charge in [-0.05, 0) is 41.8 Å². The van der Waals surface area contributed by atoms with Gasteiger partial charge in [-0.3, -0.25) is 9.59 Å². The van der Waals surface area contributed by atoms with Crippen LogP contribution in [0.1, 0.15) is 40.9 Å². The SMILES string of the molecule is COc1cc(/C=C/C(=O)OCC(=O)c2ccc(CNC(C)=O)s2)ccc1OCC(C)C. The van der Waals surface area contributed by atoms with Crippen molar-refractivity contribution in [3.8, 4) is 11.5 Å². The van der Waals surface area contributed by atoms with Crippen molar-refractivity contribution in [3.63, 3.8) is 0 Å². The van der Waals surface area contributed by atoms with Gasteiger partial charge in [-0.15, -0.1) is 11.3 Å². The minimum absolute atomic E-state index is 0.141. The van der Waals surface area contributed by atoms with Crippen molar-refractivity contribution in [2.24, 2.45) is 5.92 Å². The van der Waals surface area contributed by atoms with E-state index in [0.29, 0.717) is 35.4 Å². The van der Waals surface area contributed by atoms with Crippen LogP contribution in [0.2, 0.25) is 0 Å². The van der Waals surface area contributed by atoms with Crippen molar-refractivity contribution in [3.05, 3.63) is 51.7 Å². The number of rotatable bonds is 11. The highest BCUT2D eigenvalue weighted by molar-refractivity contribution is 7.14. The van der Waals surface area contributed by atoms with E-state index in [1.54, 1.807) is 43.5 Å². The summed E-state index contributed by atoms with van der Waals surface area (Å²) in [5.41, 5.74) is 0.734. The average molecular weight is 446 g/mol. The van der Waals surface area contributed by atoms with E-state index in [2.05, 4.69) is 19.2 Å². The lowest BCUT2D eigenvalue weighted by molar-refractivity contribution is -0.136. The van der Waals surface area contributed by atoms with E-state index in [1.165, 1.54) is 24.3 Å². The molecule has 2 rings (SSSR count). The fraction of sp³-hybridized carbons (Fsp3) is 0.348. The van der Waals surface area contributed by atoms with E-state index in [0.717, 1.165) is 10.4 Å². The number of ether oxygens (including phenoxy) is 3. The molecule has 7 nitrogen and oxygen atoms in total. The largest absolute Gasteiger partial charge is 0.493 e. The average Bonchev–Trinajstić information content (AvgIpc) is 3.22. The predicted molar refractivity (Wildman–Crippen MR) is 119 cm³/mol. The Hall–Kier alpha value is -3.13. The first-order valence-corrected chi connectivity index (χ1v) is 10.6. The second-order valence-corrected chi connectivity index (χ2v) is 8.32. The predicted octanol–water partition coefficient (Wildman–Crippen LogP) is 3.87. The van der Waals surface area contributed by atoms with Crippen LogP contribution in [-0.2, 0) is 20.9 Å². The maximum Gasteiger partial charge on any atom is 0.331 e. The molecule has 1 amide bonds. The van der Waals surface area contributed by atoms with E-state index >= 15 is 0 Å². The second kappa shape index (κ2) is 11.9. The lowest BCUT2D eigenvalue weighted by Gasteiger charge is -2.12. The van der Waals surface area contributed by atoms with Gasteiger partial charge in [-0.1, -0.05) is 19.9 Å². The number of hydrogen-bond donors (Lipinski definition) is 1. The number of nitrogens with one attached hydrogen (secondary N) is 1. The van der Waals surface area contributed by atoms with Crippen molar-refractivity contribution >= 4 is 35.1 Å². The molecule has 0 aliphatic heterocycles. The van der Waals surface area contributed by atoms with Crippen LogP contribution in [0.15, 0.2) is 36.4 Å². The molecule has 0 aliphatic carbocycles. The third kappa shape index (κ3) is 8.25. The first kappa shape index (κ1) is 24.1. The molecule has 0 spiro atoms. The number of ketones is 1. The van der Waals surface area contributed by atoms with Gasteiger partial charge in [0.2, 0.25) is 11.7 Å². The molecule has 1 N–H and O–H groups in total. The molecule has 1 heterocycles. The quantitative estimate of drug-likeness (QED) is 0.321. The van der Waals surface area contributed by atoms with Crippen LogP contribution in [0.25, 0.3) is 6.08 Å². The molecule has 2 aromatic rings. The monoisotopic (exact) mass is 445 g/mol. The number of carbonyl (C=O) groups is 3. The molecule has 8 heteroatoms. The Morgan fingerprint density at radius 2 is 1.90 bits per heavy atom. The van der Waals surface area contributed by atoms with Gasteiger partial charge in [0.25, 0.3) is 0 Å². The summed E-state index contributed by atoms with van der Waals surface area (Å²) >= 11 is 1.26. The van der Waals surface area contributed by atoms with Crippen molar-refractivity contribution in [1.29, 1.82) is 0 Å². The van der Waals surface area contributed by atoms with Crippen LogP contribution in [-0.4, -0.2) is 38.0 Å². The Morgan fingerprint density at radius 1 is 1.13 bits per heavy atom. The van der Waals surface area contributed by atoms with Crippen molar-refractivity contribution in [1.82, 2.24) is 5.32 Å². The summed E-state index contributed by atoms with van der Waals surface area (Å²) in [6.45, 7) is 6.13. The van der Waals surface area contributed by atoms with Gasteiger partial charge in [0, 0.05) is 17.9 Å². The van der Waals surface area contributed by atoms with Crippen LogP contribution in [0.3, 0.4) is 0 Å². The molecule has 0 saturated carbocycles. The molecule has 0 atom stereocenters. The van der Waals surface area contributed by atoms with Crippen LogP contribution in [0.5, 0.6) is 11.5 Å². The van der Waals surface area contributed by atoms with E-state index < -0.39 is 5.97 Å². The Kier molecular flexibility index (Phi) is 9.27. The number of amides is 1. The Balaban J connectivity index is 1.87. The highest BCUT2D eigenvalue weighted by Gasteiger charge is 2.12. The summed E-state index contributed by atoms with van der Waals surface area (Å²) in [6, 6.07) is 8.76. The number of esters is 1. The molecule has 31 heavy (non-hydrogen) atoms. The van der Waals surface area contributed by atoms with Gasteiger partial charge >= 0.3 is 5.97 Å². The fourth-order valence-corrected chi connectivity index (χ4v) is 3.29. The number of carbonyl (C=O) groups excluding carboxylic acids is 3. The van der Waals surface area contributed by atoms with Gasteiger partial charge in [0.05, 0.1) is 25.1 Å². The minimum Gasteiger partial charge on any atom is -0.493 e. The Morgan fingerprint density at radius 3 is 2.58 bits per heavy atom. The molecule has 1 aromatic heterocycles. The molecule has 0 fully saturated rings. The van der Waals surface area contributed by atoms with E-state index in [1.807, 2.05) is 0 Å². The summed E-state index contributed by atoms with van der Waals surface area (Å²) in [5.74, 6) is 0.531. The maximum absolute atomic E-state index is 12.2. The van der Waals surface area contributed by atoms with Crippen molar-refractivity contribution in [2.75, 3.05) is 20.3 Å². The zero-order valence-electron chi connectivity index (χ0n) is 18.1. The minimum atomic E-state index is -0.623. The van der Waals surface area contributed by atoms with E-state index in [-0.39, 0.29) is 18.3 Å². The number of hydrogen-bond acceptors (Lipinski definition) is 7. The van der Waals surface area contributed by atoms with Gasteiger partial charge in [-0.25, -0.2) is 4.79 Å². The lowest BCUT2D eigenvalue weighted by Crippen LogP contribution is -2.18. The third-order valence-corrected chi connectivity index (χ3v) is 5.09. The molecule has 0 radical (unpaired) electrons. The van der Waals surface area contributed by atoms with Gasteiger partial charge < -0.3 is 19.5 Å². The zero-order chi connectivity index (χ0) is 22.8. The summed E-state index contributed by atoms with van der Waals surface area (Å²) in [4.78, 5) is 36.4. The number of thiophene rings is 1. The molecule has 0 unspecified atom stereocenters. The lowest BCUT2D eigenvalue weighted by atomic mass is 10.2. The maximum atomic E-state index is 12.2. The van der Waals surface area contributed by atoms with E-state index in [4.69, 9.17) is 14.2 Å². The summed E-state index contributed by atoms with van der Waals surface area (Å²) in [6.07, 6.45) is 2.84. The molecular weight excluding hydrogens is 418 g/mol. The van der Waals surface area contributed by atoms with Crippen LogP contribution < -0.4 is 14.8 Å². The second-order valence-electron chi connectivity index (χ2n) is 7.16. The molecule has 0 aliphatic rings. The zero-order valence-corrected chi connectivity index (χ0v) is 18.9. The summed E-state index contributed by atoms with van der Waals surface area (Å²) < 4.78 is 16.1. The molecule has 0 bridgehead atoms. The topological polar surface area (TPSA) is 90.9 Å². The first-order chi connectivity index (χ1) is 14.8. The van der Waals surface area contributed by atoms with Crippen LogP contribution in [0, 0.1) is 5.92 Å². The molecule has 166 valence electrons. The highest BCUT2D eigenvalue weighted by Crippen LogP contribution is 2.29. The van der Waals surface area contributed by atoms with Crippen molar-refractivity contribution in [2.45, 2.75) is 27.3 Å².